The summed E-state index contributed by atoms with van der Waals surface area (Å²) in [6, 6.07) is 6.59. The highest BCUT2D eigenvalue weighted by Gasteiger charge is 2.37. The van der Waals surface area contributed by atoms with E-state index < -0.39 is 23.5 Å². The summed E-state index contributed by atoms with van der Waals surface area (Å²) in [6.07, 6.45) is -0.753. The van der Waals surface area contributed by atoms with Gasteiger partial charge in [0.25, 0.3) is 0 Å². The van der Waals surface area contributed by atoms with E-state index in [1.165, 1.54) is 23.0 Å². The summed E-state index contributed by atoms with van der Waals surface area (Å²) in [6.45, 7) is 1.75. The van der Waals surface area contributed by atoms with Gasteiger partial charge in [0, 0.05) is 36.3 Å². The first-order valence-corrected chi connectivity index (χ1v) is 11.8. The van der Waals surface area contributed by atoms with Crippen LogP contribution in [0.1, 0.15) is 67.7 Å². The minimum Gasteiger partial charge on any atom is -0.327 e. The third-order valence-electron chi connectivity index (χ3n) is 5.89. The lowest BCUT2D eigenvalue weighted by Crippen LogP contribution is -2.12. The molecule has 0 spiro atoms. The molecule has 0 amide bonds. The standard InChI is InChI=1S/C27H25F6N3O/c1-2-3-4-5-6-9-24(37)19(15-34)13-20-17-36(25-23(20)8-7-10-35-25)16-18-11-21(26(28,29)30)14-22(12-18)27(31,32)33/h7-8,10-14,17H,2-6,9,16H2,1H3/b19-13+. The van der Waals surface area contributed by atoms with Crippen LogP contribution in [0.15, 0.2) is 48.3 Å². The molecule has 0 unspecified atom stereocenters. The van der Waals surface area contributed by atoms with Crippen LogP contribution in [0, 0.1) is 11.3 Å². The van der Waals surface area contributed by atoms with E-state index in [4.69, 9.17) is 0 Å². The number of fused-ring (bicyclic) bond motifs is 1. The van der Waals surface area contributed by atoms with E-state index >= 15 is 0 Å². The molecule has 0 radical (unpaired) electrons. The zero-order valence-corrected chi connectivity index (χ0v) is 20.1. The molecule has 196 valence electrons. The lowest BCUT2D eigenvalue weighted by molar-refractivity contribution is -0.143. The molecular formula is C27H25F6N3O. The highest BCUT2D eigenvalue weighted by molar-refractivity contribution is 6.05. The van der Waals surface area contributed by atoms with Gasteiger partial charge in [0.15, 0.2) is 5.78 Å². The third-order valence-corrected chi connectivity index (χ3v) is 5.89. The van der Waals surface area contributed by atoms with Gasteiger partial charge in [-0.15, -0.1) is 0 Å². The summed E-state index contributed by atoms with van der Waals surface area (Å²) >= 11 is 0. The number of unbranched alkanes of at least 4 members (excludes halogenated alkanes) is 4. The summed E-state index contributed by atoms with van der Waals surface area (Å²) < 4.78 is 81.1. The number of aromatic nitrogens is 2. The van der Waals surface area contributed by atoms with E-state index in [0.717, 1.165) is 25.7 Å². The molecule has 4 nitrogen and oxygen atoms in total. The van der Waals surface area contributed by atoms with E-state index in [-0.39, 0.29) is 36.0 Å². The van der Waals surface area contributed by atoms with Crippen LogP contribution in [0.3, 0.4) is 0 Å². The molecule has 1 aromatic carbocycles. The monoisotopic (exact) mass is 521 g/mol. The van der Waals surface area contributed by atoms with Crippen molar-refractivity contribution in [3.05, 3.63) is 70.6 Å². The molecule has 0 atom stereocenters. The molecule has 10 heteroatoms. The second kappa shape index (κ2) is 11.6. The molecule has 2 heterocycles. The summed E-state index contributed by atoms with van der Waals surface area (Å²) in [7, 11) is 0. The Bertz CT molecular complexity index is 1300. The third kappa shape index (κ3) is 7.21. The Labute approximate surface area is 210 Å². The van der Waals surface area contributed by atoms with E-state index in [2.05, 4.69) is 11.9 Å². The van der Waals surface area contributed by atoms with Crippen molar-refractivity contribution < 1.29 is 31.1 Å². The number of hydrogen-bond acceptors (Lipinski definition) is 3. The van der Waals surface area contributed by atoms with Crippen LogP contribution in [0.2, 0.25) is 0 Å². The van der Waals surface area contributed by atoms with Crippen molar-refractivity contribution in [2.24, 2.45) is 0 Å². The van der Waals surface area contributed by atoms with Crippen molar-refractivity contribution in [3.8, 4) is 6.07 Å². The fourth-order valence-electron chi connectivity index (χ4n) is 4.05. The number of rotatable bonds is 10. The van der Waals surface area contributed by atoms with Crippen LogP contribution in [-0.2, 0) is 23.7 Å². The molecular weight excluding hydrogens is 496 g/mol. The van der Waals surface area contributed by atoms with Crippen molar-refractivity contribution in [1.29, 1.82) is 5.26 Å². The lowest BCUT2D eigenvalue weighted by atomic mass is 10.0. The lowest BCUT2D eigenvalue weighted by Gasteiger charge is -2.14. The fraction of sp³-hybridized carbons (Fsp3) is 0.370. The molecule has 0 bridgehead atoms. The number of benzene rings is 1. The number of pyridine rings is 1. The highest BCUT2D eigenvalue weighted by atomic mass is 19.4. The van der Waals surface area contributed by atoms with Gasteiger partial charge in [-0.25, -0.2) is 4.98 Å². The average Bonchev–Trinajstić information content (AvgIpc) is 3.18. The molecule has 3 rings (SSSR count). The Balaban J connectivity index is 1.96. The Kier molecular flexibility index (Phi) is 8.79. The van der Waals surface area contributed by atoms with Crippen LogP contribution in [-0.4, -0.2) is 15.3 Å². The van der Waals surface area contributed by atoms with E-state index in [1.54, 1.807) is 12.1 Å². The quantitative estimate of drug-likeness (QED) is 0.118. The summed E-state index contributed by atoms with van der Waals surface area (Å²) in [5.41, 5.74) is -2.39. The molecule has 3 aromatic rings. The van der Waals surface area contributed by atoms with Crippen LogP contribution >= 0.6 is 0 Å². The maximum atomic E-state index is 13.3. The minimum atomic E-state index is -4.96. The second-order valence-corrected chi connectivity index (χ2v) is 8.76. The van der Waals surface area contributed by atoms with Crippen molar-refractivity contribution >= 4 is 22.9 Å². The SMILES string of the molecule is CCCCCCCC(=O)/C(C#N)=C/c1cn(Cc2cc(C(F)(F)F)cc(C(F)(F)F)c2)c2ncccc12. The van der Waals surface area contributed by atoms with Crippen molar-refractivity contribution in [1.82, 2.24) is 9.55 Å². The summed E-state index contributed by atoms with van der Waals surface area (Å²) in [5.74, 6) is -0.323. The molecule has 0 aliphatic rings. The predicted octanol–water partition coefficient (Wildman–Crippen LogP) is 7.96. The first kappa shape index (κ1) is 28.0. The topological polar surface area (TPSA) is 58.7 Å². The normalized spacial score (nSPS) is 12.6. The Hall–Kier alpha value is -3.61. The Morgan fingerprint density at radius 3 is 2.27 bits per heavy atom. The van der Waals surface area contributed by atoms with Crippen LogP contribution in [0.25, 0.3) is 17.1 Å². The van der Waals surface area contributed by atoms with Gasteiger partial charge in [-0.1, -0.05) is 32.6 Å². The maximum absolute atomic E-state index is 13.3. The number of carbonyl (C=O) groups is 1. The number of nitrogens with zero attached hydrogens (tertiary/aromatic N) is 3. The zero-order valence-electron chi connectivity index (χ0n) is 20.1. The fourth-order valence-corrected chi connectivity index (χ4v) is 4.05. The van der Waals surface area contributed by atoms with Gasteiger partial charge in [0.2, 0.25) is 0 Å². The van der Waals surface area contributed by atoms with E-state index in [9.17, 15) is 36.4 Å². The van der Waals surface area contributed by atoms with Crippen LogP contribution < -0.4 is 0 Å². The molecule has 0 saturated carbocycles. The van der Waals surface area contributed by atoms with Gasteiger partial charge < -0.3 is 4.57 Å². The van der Waals surface area contributed by atoms with Crippen molar-refractivity contribution in [2.75, 3.05) is 0 Å². The number of ketones is 1. The van der Waals surface area contributed by atoms with E-state index in [1.807, 2.05) is 6.07 Å². The van der Waals surface area contributed by atoms with Gasteiger partial charge in [-0.05, 0) is 48.4 Å². The Morgan fingerprint density at radius 1 is 1.03 bits per heavy atom. The smallest absolute Gasteiger partial charge is 0.327 e. The number of Topliss-reactive ketones (excluding diaryl/α,β-unsaturated/α-hetero) is 1. The first-order valence-electron chi connectivity index (χ1n) is 11.8. The summed E-state index contributed by atoms with van der Waals surface area (Å²) in [4.78, 5) is 16.8. The number of carbonyl (C=O) groups excluding carboxylic acids is 1. The van der Waals surface area contributed by atoms with Gasteiger partial charge in [0.1, 0.15) is 11.7 Å². The van der Waals surface area contributed by atoms with Crippen LogP contribution in [0.4, 0.5) is 26.3 Å². The van der Waals surface area contributed by atoms with Gasteiger partial charge >= 0.3 is 12.4 Å². The summed E-state index contributed by atoms with van der Waals surface area (Å²) in [5, 5.41) is 10.1. The van der Waals surface area contributed by atoms with Gasteiger partial charge in [-0.2, -0.15) is 31.6 Å². The number of halogens is 6. The highest BCUT2D eigenvalue weighted by Crippen LogP contribution is 2.37. The van der Waals surface area contributed by atoms with Gasteiger partial charge in [0.05, 0.1) is 16.7 Å². The van der Waals surface area contributed by atoms with Gasteiger partial charge in [-0.3, -0.25) is 4.79 Å². The molecule has 2 aromatic heterocycles. The predicted molar refractivity (Wildman–Crippen MR) is 127 cm³/mol. The zero-order chi connectivity index (χ0) is 27.2. The molecule has 0 aliphatic carbocycles. The molecule has 37 heavy (non-hydrogen) atoms. The molecule has 0 N–H and O–H groups in total. The van der Waals surface area contributed by atoms with Crippen molar-refractivity contribution in [3.63, 3.8) is 0 Å². The number of nitriles is 1. The first-order chi connectivity index (χ1) is 17.4. The molecule has 0 aliphatic heterocycles. The average molecular weight is 522 g/mol. The Morgan fingerprint density at radius 2 is 1.68 bits per heavy atom. The largest absolute Gasteiger partial charge is 0.416 e. The second-order valence-electron chi connectivity index (χ2n) is 8.76. The molecule has 0 fully saturated rings. The maximum Gasteiger partial charge on any atom is 0.416 e. The van der Waals surface area contributed by atoms with Crippen LogP contribution in [0.5, 0.6) is 0 Å². The number of allylic oxidation sites excluding steroid dienone is 1. The molecule has 0 saturated heterocycles. The number of hydrogen-bond donors (Lipinski definition) is 0. The van der Waals surface area contributed by atoms with E-state index in [0.29, 0.717) is 35.2 Å². The van der Waals surface area contributed by atoms with Crippen molar-refractivity contribution in [2.45, 2.75) is 64.3 Å². The minimum absolute atomic E-state index is 0.0724. The number of alkyl halides is 6.